The van der Waals surface area contributed by atoms with Crippen LogP contribution in [0.15, 0.2) is 16.7 Å². The van der Waals surface area contributed by atoms with Crippen LogP contribution in [0.2, 0.25) is 5.54 Å². The molecule has 1 atom stereocenters. The molecule has 0 aromatic heterocycles. The summed E-state index contributed by atoms with van der Waals surface area (Å²) in [5, 5.41) is 0. The SMILES string of the molecule is CC1=[C-]C([SiH3])C(C)=C1C.[Li+]. The largest absolute Gasteiger partial charge is 1.00 e. The van der Waals surface area contributed by atoms with E-state index in [2.05, 4.69) is 26.8 Å². The average Bonchev–Trinajstić information content (AvgIpc) is 1.98. The van der Waals surface area contributed by atoms with Gasteiger partial charge in [-0.15, -0.1) is 12.5 Å². The zero-order valence-electron chi connectivity index (χ0n) is 7.58. The van der Waals surface area contributed by atoms with E-state index in [-0.39, 0.29) is 18.9 Å². The van der Waals surface area contributed by atoms with E-state index in [0.717, 1.165) is 0 Å². The predicted octanol–water partition coefficient (Wildman–Crippen LogP) is -1.76. The van der Waals surface area contributed by atoms with Crippen LogP contribution in [0.1, 0.15) is 20.8 Å². The molecule has 0 aliphatic heterocycles. The van der Waals surface area contributed by atoms with Gasteiger partial charge in [0.2, 0.25) is 0 Å². The quantitative estimate of drug-likeness (QED) is 0.279. The van der Waals surface area contributed by atoms with Crippen molar-refractivity contribution in [1.82, 2.24) is 0 Å². The minimum Gasteiger partial charge on any atom is -0.270 e. The Balaban J connectivity index is 0.000000810. The van der Waals surface area contributed by atoms with Crippen LogP contribution in [0, 0.1) is 6.08 Å². The third kappa shape index (κ3) is 1.66. The van der Waals surface area contributed by atoms with Crippen molar-refractivity contribution in [1.29, 1.82) is 0 Å². The minimum atomic E-state index is 0. The van der Waals surface area contributed by atoms with Crippen LogP contribution in [0.5, 0.6) is 0 Å². The first kappa shape index (κ1) is 10.3. The van der Waals surface area contributed by atoms with E-state index in [1.165, 1.54) is 21.4 Å². The summed E-state index contributed by atoms with van der Waals surface area (Å²) in [5.41, 5.74) is 5.08. The zero-order valence-corrected chi connectivity index (χ0v) is 9.58. The van der Waals surface area contributed by atoms with Gasteiger partial charge in [-0.05, 0) is 10.2 Å². The molecule has 50 valence electrons. The molecule has 1 rings (SSSR count). The Bertz CT molecular complexity index is 191. The second-order valence-corrected chi connectivity index (χ2v) is 3.95. The molecule has 0 aromatic rings. The molecule has 0 radical (unpaired) electrons. The van der Waals surface area contributed by atoms with Gasteiger partial charge in [0.25, 0.3) is 0 Å². The third-order valence-electron chi connectivity index (χ3n) is 2.24. The fourth-order valence-electron chi connectivity index (χ4n) is 1.16. The Morgan fingerprint density at radius 3 is 1.90 bits per heavy atom. The van der Waals surface area contributed by atoms with Crippen LogP contribution in [-0.4, -0.2) is 10.2 Å². The van der Waals surface area contributed by atoms with E-state index in [4.69, 9.17) is 0 Å². The average molecular weight is 144 g/mol. The van der Waals surface area contributed by atoms with Gasteiger partial charge in [-0.25, -0.2) is 5.57 Å². The smallest absolute Gasteiger partial charge is 0.270 e. The van der Waals surface area contributed by atoms with Crippen LogP contribution in [0.25, 0.3) is 0 Å². The van der Waals surface area contributed by atoms with Gasteiger partial charge < -0.3 is 0 Å². The molecule has 1 aliphatic rings. The van der Waals surface area contributed by atoms with Crippen LogP contribution in [0.4, 0.5) is 0 Å². The van der Waals surface area contributed by atoms with Crippen molar-refractivity contribution >= 4 is 10.2 Å². The van der Waals surface area contributed by atoms with Crippen molar-refractivity contribution in [3.63, 3.8) is 0 Å². The summed E-state index contributed by atoms with van der Waals surface area (Å²) < 4.78 is 0. The van der Waals surface area contributed by atoms with Gasteiger partial charge in [-0.3, -0.25) is 6.08 Å². The minimum absolute atomic E-state index is 0. The van der Waals surface area contributed by atoms with Crippen molar-refractivity contribution in [3.05, 3.63) is 22.8 Å². The fraction of sp³-hybridized carbons (Fsp3) is 0.500. The van der Waals surface area contributed by atoms with Gasteiger partial charge in [0.05, 0.1) is 0 Å². The van der Waals surface area contributed by atoms with Crippen LogP contribution >= 0.6 is 0 Å². The number of rotatable bonds is 0. The Morgan fingerprint density at radius 1 is 1.30 bits per heavy atom. The number of hydrogen-bond donors (Lipinski definition) is 0. The molecule has 0 saturated heterocycles. The molecule has 1 unspecified atom stereocenters. The zero-order chi connectivity index (χ0) is 7.02. The molecule has 0 N–H and O–H groups in total. The summed E-state index contributed by atoms with van der Waals surface area (Å²) in [6.45, 7) is 6.56. The van der Waals surface area contributed by atoms with Crippen molar-refractivity contribution in [3.8, 4) is 0 Å². The molecular weight excluding hydrogens is 131 g/mol. The summed E-state index contributed by atoms with van der Waals surface area (Å²) >= 11 is 0. The Hall–Kier alpha value is 0.294. The van der Waals surface area contributed by atoms with E-state index in [1.54, 1.807) is 5.57 Å². The van der Waals surface area contributed by atoms with Crippen LogP contribution in [-0.2, 0) is 0 Å². The number of allylic oxidation sites excluding steroid dienone is 4. The van der Waals surface area contributed by atoms with E-state index in [9.17, 15) is 0 Å². The van der Waals surface area contributed by atoms with E-state index >= 15 is 0 Å². The molecular formula is C8H13LiSi. The first-order chi connectivity index (χ1) is 4.13. The third-order valence-corrected chi connectivity index (χ3v) is 3.39. The Morgan fingerprint density at radius 2 is 1.80 bits per heavy atom. The molecule has 1 aliphatic carbocycles. The van der Waals surface area contributed by atoms with Gasteiger partial charge in [0, 0.05) is 0 Å². The summed E-state index contributed by atoms with van der Waals surface area (Å²) in [5.74, 6) is 0. The standard InChI is InChI=1S/C8H13Si.Li/c1-5-4-8(9)7(3)6(5)2;/h8H,1-3,9H3;/q-1;+1. The second kappa shape index (κ2) is 3.62. The van der Waals surface area contributed by atoms with Crippen molar-refractivity contribution < 1.29 is 18.9 Å². The Kier molecular flexibility index (Phi) is 3.72. The van der Waals surface area contributed by atoms with E-state index in [0.29, 0.717) is 5.54 Å². The molecule has 0 aromatic carbocycles. The summed E-state index contributed by atoms with van der Waals surface area (Å²) in [4.78, 5) is 0. The first-order valence-electron chi connectivity index (χ1n) is 3.40. The van der Waals surface area contributed by atoms with E-state index < -0.39 is 0 Å². The molecule has 0 heterocycles. The van der Waals surface area contributed by atoms with Crippen molar-refractivity contribution in [2.24, 2.45) is 0 Å². The summed E-state index contributed by atoms with van der Waals surface area (Å²) in [7, 11) is 1.22. The Labute approximate surface area is 78.4 Å². The second-order valence-electron chi connectivity index (χ2n) is 2.80. The molecule has 0 nitrogen and oxygen atoms in total. The molecule has 10 heavy (non-hydrogen) atoms. The first-order valence-corrected chi connectivity index (χ1v) is 4.56. The predicted molar refractivity (Wildman–Crippen MR) is 44.5 cm³/mol. The monoisotopic (exact) mass is 144 g/mol. The molecule has 0 fully saturated rings. The topological polar surface area (TPSA) is 0 Å². The normalized spacial score (nSPS) is 24.7. The van der Waals surface area contributed by atoms with Gasteiger partial charge in [-0.1, -0.05) is 13.8 Å². The molecule has 0 bridgehead atoms. The van der Waals surface area contributed by atoms with Gasteiger partial charge in [-0.2, -0.15) is 11.1 Å². The maximum Gasteiger partial charge on any atom is 1.00 e. The van der Waals surface area contributed by atoms with Crippen LogP contribution < -0.4 is 18.9 Å². The summed E-state index contributed by atoms with van der Waals surface area (Å²) in [6.07, 6.45) is 3.42. The van der Waals surface area contributed by atoms with Gasteiger partial charge in [0.15, 0.2) is 0 Å². The number of hydrogen-bond acceptors (Lipinski definition) is 0. The molecule has 0 saturated carbocycles. The van der Waals surface area contributed by atoms with Crippen LogP contribution in [0.3, 0.4) is 0 Å². The van der Waals surface area contributed by atoms with Gasteiger partial charge >= 0.3 is 18.9 Å². The maximum atomic E-state index is 3.42. The van der Waals surface area contributed by atoms with Crippen molar-refractivity contribution in [2.45, 2.75) is 26.3 Å². The molecule has 0 amide bonds. The maximum absolute atomic E-state index is 3.42. The molecule has 0 spiro atoms. The van der Waals surface area contributed by atoms with Gasteiger partial charge in [0.1, 0.15) is 0 Å². The summed E-state index contributed by atoms with van der Waals surface area (Å²) in [6, 6.07) is 0. The van der Waals surface area contributed by atoms with E-state index in [1.807, 2.05) is 0 Å². The van der Waals surface area contributed by atoms with Crippen molar-refractivity contribution in [2.75, 3.05) is 0 Å². The molecule has 2 heteroatoms. The fourth-order valence-corrected chi connectivity index (χ4v) is 2.03.